The van der Waals surface area contributed by atoms with Crippen molar-refractivity contribution in [2.24, 2.45) is 0 Å². The number of benzene rings is 2. The van der Waals surface area contributed by atoms with Crippen LogP contribution in [0.2, 0.25) is 0 Å². The maximum Gasteiger partial charge on any atom is 0.345 e. The van der Waals surface area contributed by atoms with E-state index in [4.69, 9.17) is 9.47 Å². The van der Waals surface area contributed by atoms with E-state index in [2.05, 4.69) is 5.32 Å². The van der Waals surface area contributed by atoms with Crippen LogP contribution in [0.25, 0.3) is 0 Å². The average Bonchev–Trinajstić information content (AvgIpc) is 2.61. The van der Waals surface area contributed by atoms with Crippen LogP contribution < -0.4 is 19.9 Å². The molecule has 0 saturated carbocycles. The Labute approximate surface area is 145 Å². The first-order chi connectivity index (χ1) is 11.9. The van der Waals surface area contributed by atoms with Gasteiger partial charge in [-0.3, -0.25) is 5.21 Å². The van der Waals surface area contributed by atoms with Crippen molar-refractivity contribution in [2.75, 3.05) is 19.2 Å². The first-order valence-corrected chi connectivity index (χ1v) is 7.65. The third-order valence-corrected chi connectivity index (χ3v) is 3.79. The van der Waals surface area contributed by atoms with Gasteiger partial charge < -0.3 is 14.8 Å². The van der Waals surface area contributed by atoms with Crippen LogP contribution in [0, 0.1) is 19.7 Å². The zero-order valence-corrected chi connectivity index (χ0v) is 14.6. The SMILES string of the molecule is CNC(=O)N(O)c1cccc(OC)c1COc1cc(C)c(F)cc1C. The molecule has 134 valence electrons. The third kappa shape index (κ3) is 4.00. The van der Waals surface area contributed by atoms with Gasteiger partial charge in [-0.1, -0.05) is 6.07 Å². The summed E-state index contributed by atoms with van der Waals surface area (Å²) in [6, 6.07) is 7.23. The number of carbonyl (C=O) groups excluding carboxylic acids is 1. The fourth-order valence-corrected chi connectivity index (χ4v) is 2.36. The number of carbonyl (C=O) groups is 1. The van der Waals surface area contributed by atoms with Gasteiger partial charge in [0.2, 0.25) is 0 Å². The molecule has 2 rings (SSSR count). The van der Waals surface area contributed by atoms with Crippen molar-refractivity contribution >= 4 is 11.7 Å². The molecule has 0 saturated heterocycles. The predicted molar refractivity (Wildman–Crippen MR) is 91.9 cm³/mol. The van der Waals surface area contributed by atoms with Crippen molar-refractivity contribution in [2.45, 2.75) is 20.5 Å². The summed E-state index contributed by atoms with van der Waals surface area (Å²) < 4.78 is 24.7. The van der Waals surface area contributed by atoms with Crippen molar-refractivity contribution in [1.82, 2.24) is 5.32 Å². The van der Waals surface area contributed by atoms with Gasteiger partial charge in [0.1, 0.15) is 23.9 Å². The van der Waals surface area contributed by atoms with E-state index < -0.39 is 6.03 Å². The van der Waals surface area contributed by atoms with E-state index in [1.165, 1.54) is 20.2 Å². The molecule has 0 heterocycles. The second kappa shape index (κ2) is 7.85. The monoisotopic (exact) mass is 348 g/mol. The zero-order chi connectivity index (χ0) is 18.6. The Hall–Kier alpha value is -2.80. The topological polar surface area (TPSA) is 71.0 Å². The molecule has 6 nitrogen and oxygen atoms in total. The highest BCUT2D eigenvalue weighted by Crippen LogP contribution is 2.31. The number of hydrogen-bond acceptors (Lipinski definition) is 4. The molecule has 0 fully saturated rings. The lowest BCUT2D eigenvalue weighted by molar-refractivity contribution is 0.205. The molecule has 0 aliphatic heterocycles. The number of nitrogens with zero attached hydrogens (tertiary/aromatic N) is 1. The second-order valence-corrected chi connectivity index (χ2v) is 5.48. The molecule has 0 aliphatic carbocycles. The van der Waals surface area contributed by atoms with Crippen molar-refractivity contribution < 1.29 is 23.9 Å². The van der Waals surface area contributed by atoms with E-state index in [1.807, 2.05) is 0 Å². The summed E-state index contributed by atoms with van der Waals surface area (Å²) in [4.78, 5) is 11.7. The van der Waals surface area contributed by atoms with Crippen LogP contribution >= 0.6 is 0 Å². The van der Waals surface area contributed by atoms with E-state index in [-0.39, 0.29) is 18.1 Å². The highest BCUT2D eigenvalue weighted by Gasteiger charge is 2.19. The Balaban J connectivity index is 2.35. The minimum Gasteiger partial charge on any atom is -0.496 e. The zero-order valence-electron chi connectivity index (χ0n) is 14.6. The summed E-state index contributed by atoms with van der Waals surface area (Å²) in [6.45, 7) is 3.42. The van der Waals surface area contributed by atoms with Crippen LogP contribution in [0.15, 0.2) is 30.3 Å². The number of rotatable bonds is 5. The highest BCUT2D eigenvalue weighted by atomic mass is 19.1. The summed E-state index contributed by atoms with van der Waals surface area (Å²) in [5, 5.41) is 12.9. The predicted octanol–water partition coefficient (Wildman–Crippen LogP) is 3.57. The Morgan fingerprint density at radius 3 is 2.60 bits per heavy atom. The van der Waals surface area contributed by atoms with Gasteiger partial charge in [0.15, 0.2) is 0 Å². The maximum absolute atomic E-state index is 13.6. The first kappa shape index (κ1) is 18.5. The largest absolute Gasteiger partial charge is 0.496 e. The quantitative estimate of drug-likeness (QED) is 0.640. The molecule has 0 atom stereocenters. The number of aryl methyl sites for hydroxylation is 2. The molecule has 2 aromatic rings. The molecule has 2 aromatic carbocycles. The summed E-state index contributed by atoms with van der Waals surface area (Å²) in [7, 11) is 2.89. The average molecular weight is 348 g/mol. The van der Waals surface area contributed by atoms with Crippen LogP contribution in [0.4, 0.5) is 14.9 Å². The first-order valence-electron chi connectivity index (χ1n) is 7.65. The summed E-state index contributed by atoms with van der Waals surface area (Å²) >= 11 is 0. The van der Waals surface area contributed by atoms with Gasteiger partial charge in [-0.15, -0.1) is 0 Å². The number of hydrogen-bond donors (Lipinski definition) is 2. The lowest BCUT2D eigenvalue weighted by Crippen LogP contribution is -2.36. The van der Waals surface area contributed by atoms with Gasteiger partial charge in [-0.05, 0) is 49.2 Å². The van der Waals surface area contributed by atoms with E-state index in [0.29, 0.717) is 33.3 Å². The van der Waals surface area contributed by atoms with Gasteiger partial charge in [0.25, 0.3) is 0 Å². The summed E-state index contributed by atoms with van der Waals surface area (Å²) in [5.74, 6) is 0.668. The third-order valence-electron chi connectivity index (χ3n) is 3.79. The Morgan fingerprint density at radius 2 is 1.96 bits per heavy atom. The minimum atomic E-state index is -0.691. The molecule has 2 amide bonds. The van der Waals surface area contributed by atoms with Gasteiger partial charge in [-0.25, -0.2) is 9.18 Å². The number of nitrogens with one attached hydrogen (secondary N) is 1. The van der Waals surface area contributed by atoms with E-state index in [1.54, 1.807) is 38.1 Å². The lowest BCUT2D eigenvalue weighted by atomic mass is 10.1. The molecule has 0 bridgehead atoms. The minimum absolute atomic E-state index is 0.0271. The standard InChI is InChI=1S/C18H21FN2O4/c1-11-9-17(12(2)8-14(11)19)25-10-13-15(21(23)18(22)20-3)6-5-7-16(13)24-4/h5-9,23H,10H2,1-4H3,(H,20,22). The van der Waals surface area contributed by atoms with Crippen LogP contribution in [0.1, 0.15) is 16.7 Å². The number of amides is 2. The van der Waals surface area contributed by atoms with E-state index >= 15 is 0 Å². The fraction of sp³-hybridized carbons (Fsp3) is 0.278. The number of urea groups is 1. The van der Waals surface area contributed by atoms with Crippen molar-refractivity contribution in [3.8, 4) is 11.5 Å². The summed E-state index contributed by atoms with van der Waals surface area (Å²) in [5.41, 5.74) is 1.83. The van der Waals surface area contributed by atoms with Crippen molar-refractivity contribution in [1.29, 1.82) is 0 Å². The van der Waals surface area contributed by atoms with Crippen molar-refractivity contribution in [3.63, 3.8) is 0 Å². The second-order valence-electron chi connectivity index (χ2n) is 5.48. The van der Waals surface area contributed by atoms with Crippen LogP contribution in [0.5, 0.6) is 11.5 Å². The number of anilines is 1. The number of methoxy groups -OCH3 is 1. The molecule has 0 spiro atoms. The molecule has 7 heteroatoms. The molecule has 25 heavy (non-hydrogen) atoms. The molecule has 0 aliphatic rings. The van der Waals surface area contributed by atoms with E-state index in [0.717, 1.165) is 0 Å². The number of halogens is 1. The lowest BCUT2D eigenvalue weighted by Gasteiger charge is -2.20. The molecule has 0 unspecified atom stereocenters. The van der Waals surface area contributed by atoms with E-state index in [9.17, 15) is 14.4 Å². The number of ether oxygens (including phenoxy) is 2. The van der Waals surface area contributed by atoms with Crippen LogP contribution in [-0.2, 0) is 6.61 Å². The van der Waals surface area contributed by atoms with Crippen LogP contribution in [-0.4, -0.2) is 25.4 Å². The smallest absolute Gasteiger partial charge is 0.345 e. The van der Waals surface area contributed by atoms with Gasteiger partial charge in [0.05, 0.1) is 18.4 Å². The van der Waals surface area contributed by atoms with Crippen molar-refractivity contribution in [3.05, 3.63) is 52.8 Å². The fourth-order valence-electron chi connectivity index (χ4n) is 2.36. The normalized spacial score (nSPS) is 10.3. The van der Waals surface area contributed by atoms with Gasteiger partial charge in [-0.2, -0.15) is 5.06 Å². The molecular weight excluding hydrogens is 327 g/mol. The molecular formula is C18H21FN2O4. The molecule has 0 aromatic heterocycles. The van der Waals surface area contributed by atoms with Crippen LogP contribution in [0.3, 0.4) is 0 Å². The Morgan fingerprint density at radius 1 is 1.24 bits per heavy atom. The summed E-state index contributed by atoms with van der Waals surface area (Å²) in [6.07, 6.45) is 0. The highest BCUT2D eigenvalue weighted by molar-refractivity contribution is 5.90. The Kier molecular flexibility index (Phi) is 5.82. The van der Waals surface area contributed by atoms with Gasteiger partial charge >= 0.3 is 6.03 Å². The molecule has 0 radical (unpaired) electrons. The maximum atomic E-state index is 13.6. The Bertz CT molecular complexity index is 780. The van der Waals surface area contributed by atoms with Gasteiger partial charge in [0, 0.05) is 7.05 Å². The molecule has 2 N–H and O–H groups in total. The number of hydroxylamine groups is 1.